The van der Waals surface area contributed by atoms with Crippen molar-refractivity contribution in [2.24, 2.45) is 5.92 Å². The van der Waals surface area contributed by atoms with Crippen molar-refractivity contribution in [3.05, 3.63) is 22.3 Å². The number of carbonyl (C=O) groups is 2. The number of nitrogens with zero attached hydrogens (tertiary/aromatic N) is 1. The van der Waals surface area contributed by atoms with Gasteiger partial charge < -0.3 is 14.2 Å². The molecular formula is C16H19NO5S. The number of fused-ring (bicyclic) bond motifs is 1. The van der Waals surface area contributed by atoms with Gasteiger partial charge in [-0.05, 0) is 19.8 Å². The Morgan fingerprint density at radius 1 is 1.48 bits per heavy atom. The molecule has 1 aliphatic heterocycles. The van der Waals surface area contributed by atoms with E-state index in [0.717, 1.165) is 11.4 Å². The van der Waals surface area contributed by atoms with Gasteiger partial charge in [0, 0.05) is 11.8 Å². The van der Waals surface area contributed by atoms with Crippen LogP contribution in [0.1, 0.15) is 30.0 Å². The van der Waals surface area contributed by atoms with Crippen LogP contribution in [0.3, 0.4) is 0 Å². The van der Waals surface area contributed by atoms with E-state index < -0.39 is 5.97 Å². The fraction of sp³-hybridized carbons (Fsp3) is 0.562. The first-order valence-electron chi connectivity index (χ1n) is 7.59. The minimum Gasteiger partial charge on any atom is -0.496 e. The molecule has 0 bridgehead atoms. The standard InChI is InChI=1S/C16H19NO5S/c1-9-17-13(8-23-9)12-6-22-14-5-10(21-7-15(18)20-2)3-4-11(14)16(12)19/h6,8,10-11,14H,3-5,7H2,1-2H3. The second kappa shape index (κ2) is 6.80. The van der Waals surface area contributed by atoms with Crippen LogP contribution in [0.15, 0.2) is 11.6 Å². The van der Waals surface area contributed by atoms with Crippen LogP contribution >= 0.6 is 11.3 Å². The SMILES string of the molecule is COC(=O)COC1CCC2C(=O)C(c3csc(C)n3)=COC2C1. The first-order chi connectivity index (χ1) is 11.1. The maximum absolute atomic E-state index is 12.7. The van der Waals surface area contributed by atoms with Crippen LogP contribution in [0.2, 0.25) is 0 Å². The molecule has 0 saturated heterocycles. The molecular weight excluding hydrogens is 318 g/mol. The number of thiazole rings is 1. The van der Waals surface area contributed by atoms with Gasteiger partial charge in [0.1, 0.15) is 12.7 Å². The van der Waals surface area contributed by atoms with Crippen molar-refractivity contribution in [1.82, 2.24) is 4.98 Å². The number of esters is 1. The quantitative estimate of drug-likeness (QED) is 0.784. The number of ketones is 1. The summed E-state index contributed by atoms with van der Waals surface area (Å²) in [5.74, 6) is -0.457. The lowest BCUT2D eigenvalue weighted by atomic mass is 9.78. The Hall–Kier alpha value is -1.73. The molecule has 1 fully saturated rings. The van der Waals surface area contributed by atoms with E-state index in [-0.39, 0.29) is 30.5 Å². The van der Waals surface area contributed by atoms with Crippen molar-refractivity contribution < 1.29 is 23.8 Å². The molecule has 3 atom stereocenters. The van der Waals surface area contributed by atoms with Crippen LogP contribution in [0.4, 0.5) is 0 Å². The zero-order chi connectivity index (χ0) is 16.4. The highest BCUT2D eigenvalue weighted by Crippen LogP contribution is 2.37. The molecule has 7 heteroatoms. The van der Waals surface area contributed by atoms with Crippen molar-refractivity contribution in [3.8, 4) is 0 Å². The topological polar surface area (TPSA) is 74.7 Å². The van der Waals surface area contributed by atoms with E-state index in [2.05, 4.69) is 9.72 Å². The van der Waals surface area contributed by atoms with Crippen molar-refractivity contribution in [1.29, 1.82) is 0 Å². The molecule has 1 aromatic heterocycles. The Labute approximate surface area is 138 Å². The summed E-state index contributed by atoms with van der Waals surface area (Å²) in [5, 5.41) is 2.81. The van der Waals surface area contributed by atoms with E-state index >= 15 is 0 Å². The van der Waals surface area contributed by atoms with E-state index in [1.807, 2.05) is 12.3 Å². The number of methoxy groups -OCH3 is 1. The maximum Gasteiger partial charge on any atom is 0.331 e. The summed E-state index contributed by atoms with van der Waals surface area (Å²) in [5.41, 5.74) is 1.25. The highest BCUT2D eigenvalue weighted by Gasteiger charge is 2.41. The normalized spacial score (nSPS) is 27.0. The number of hydrogen-bond acceptors (Lipinski definition) is 7. The second-order valence-corrected chi connectivity index (χ2v) is 6.81. The number of carbonyl (C=O) groups excluding carboxylic acids is 2. The number of aromatic nitrogens is 1. The highest BCUT2D eigenvalue weighted by molar-refractivity contribution is 7.09. The summed E-state index contributed by atoms with van der Waals surface area (Å²) in [6, 6.07) is 0. The van der Waals surface area contributed by atoms with Crippen molar-refractivity contribution in [2.45, 2.75) is 38.4 Å². The summed E-state index contributed by atoms with van der Waals surface area (Å²) in [6.45, 7) is 1.85. The molecule has 0 amide bonds. The molecule has 1 aliphatic carbocycles. The molecule has 0 N–H and O–H groups in total. The predicted molar refractivity (Wildman–Crippen MR) is 83.8 cm³/mol. The molecule has 0 aromatic carbocycles. The lowest BCUT2D eigenvalue weighted by molar-refractivity contribution is -0.151. The van der Waals surface area contributed by atoms with Gasteiger partial charge in [0.2, 0.25) is 0 Å². The molecule has 0 spiro atoms. The van der Waals surface area contributed by atoms with Crippen LogP contribution in [0.25, 0.3) is 5.57 Å². The minimum absolute atomic E-state index is 0.0638. The number of ether oxygens (including phenoxy) is 3. The molecule has 3 unspecified atom stereocenters. The molecule has 2 heterocycles. The molecule has 3 rings (SSSR count). The van der Waals surface area contributed by atoms with Crippen molar-refractivity contribution in [2.75, 3.05) is 13.7 Å². The van der Waals surface area contributed by atoms with Gasteiger partial charge in [0.05, 0.1) is 41.7 Å². The van der Waals surface area contributed by atoms with Gasteiger partial charge in [-0.25, -0.2) is 9.78 Å². The van der Waals surface area contributed by atoms with Crippen LogP contribution in [-0.2, 0) is 23.8 Å². The molecule has 124 valence electrons. The minimum atomic E-state index is -0.395. The maximum atomic E-state index is 12.7. The highest BCUT2D eigenvalue weighted by atomic mass is 32.1. The fourth-order valence-electron chi connectivity index (χ4n) is 3.03. The Morgan fingerprint density at radius 3 is 3.00 bits per heavy atom. The average molecular weight is 337 g/mol. The second-order valence-electron chi connectivity index (χ2n) is 5.75. The van der Waals surface area contributed by atoms with E-state index in [9.17, 15) is 9.59 Å². The lowest BCUT2D eigenvalue weighted by Crippen LogP contribution is -2.41. The van der Waals surface area contributed by atoms with E-state index in [4.69, 9.17) is 9.47 Å². The predicted octanol–water partition coefficient (Wildman–Crippen LogP) is 2.12. The van der Waals surface area contributed by atoms with Gasteiger partial charge in [-0.3, -0.25) is 4.79 Å². The zero-order valence-electron chi connectivity index (χ0n) is 13.1. The smallest absolute Gasteiger partial charge is 0.331 e. The summed E-state index contributed by atoms with van der Waals surface area (Å²) in [4.78, 5) is 28.2. The first kappa shape index (κ1) is 16.1. The molecule has 1 aromatic rings. The van der Waals surface area contributed by atoms with Crippen LogP contribution in [0.5, 0.6) is 0 Å². The summed E-state index contributed by atoms with van der Waals surface area (Å²) < 4.78 is 15.9. The third-order valence-corrected chi connectivity index (χ3v) is 5.04. The number of allylic oxidation sites excluding steroid dienone is 1. The Kier molecular flexibility index (Phi) is 4.77. The third-order valence-electron chi connectivity index (χ3n) is 4.27. The van der Waals surface area contributed by atoms with Gasteiger partial charge in [0.25, 0.3) is 0 Å². The largest absolute Gasteiger partial charge is 0.496 e. The first-order valence-corrected chi connectivity index (χ1v) is 8.47. The van der Waals surface area contributed by atoms with Gasteiger partial charge in [-0.2, -0.15) is 0 Å². The Morgan fingerprint density at radius 2 is 2.30 bits per heavy atom. The molecule has 0 radical (unpaired) electrons. The fourth-order valence-corrected chi connectivity index (χ4v) is 3.64. The molecule has 1 saturated carbocycles. The van der Waals surface area contributed by atoms with Gasteiger partial charge >= 0.3 is 5.97 Å². The van der Waals surface area contributed by atoms with E-state index in [0.29, 0.717) is 24.1 Å². The number of rotatable bonds is 4. The molecule has 2 aliphatic rings. The Bertz CT molecular complexity index is 638. The third kappa shape index (κ3) is 3.45. The number of aryl methyl sites for hydroxylation is 1. The van der Waals surface area contributed by atoms with Crippen molar-refractivity contribution in [3.63, 3.8) is 0 Å². The number of hydrogen-bond donors (Lipinski definition) is 0. The van der Waals surface area contributed by atoms with E-state index in [1.165, 1.54) is 24.7 Å². The molecule has 6 nitrogen and oxygen atoms in total. The van der Waals surface area contributed by atoms with Gasteiger partial charge in [-0.15, -0.1) is 11.3 Å². The zero-order valence-corrected chi connectivity index (χ0v) is 13.9. The van der Waals surface area contributed by atoms with Gasteiger partial charge in [-0.1, -0.05) is 0 Å². The number of Topliss-reactive ketones (excluding diaryl/α,β-unsaturated/α-hetero) is 1. The van der Waals surface area contributed by atoms with Crippen LogP contribution in [-0.4, -0.2) is 42.7 Å². The Balaban J connectivity index is 1.65. The summed E-state index contributed by atoms with van der Waals surface area (Å²) >= 11 is 1.52. The van der Waals surface area contributed by atoms with Gasteiger partial charge in [0.15, 0.2) is 5.78 Å². The summed E-state index contributed by atoms with van der Waals surface area (Å²) in [6.07, 6.45) is 3.28. The molecule has 23 heavy (non-hydrogen) atoms. The summed E-state index contributed by atoms with van der Waals surface area (Å²) in [7, 11) is 1.33. The van der Waals surface area contributed by atoms with Crippen LogP contribution in [0, 0.1) is 12.8 Å². The lowest BCUT2D eigenvalue weighted by Gasteiger charge is -2.37. The van der Waals surface area contributed by atoms with E-state index in [1.54, 1.807) is 0 Å². The van der Waals surface area contributed by atoms with Crippen molar-refractivity contribution >= 4 is 28.7 Å². The average Bonchev–Trinajstić information content (AvgIpc) is 2.99. The van der Waals surface area contributed by atoms with Crippen LogP contribution < -0.4 is 0 Å². The monoisotopic (exact) mass is 337 g/mol.